The summed E-state index contributed by atoms with van der Waals surface area (Å²) in [4.78, 5) is 27.7. The van der Waals surface area contributed by atoms with Crippen LogP contribution >= 0.6 is 11.8 Å². The molecule has 0 bridgehead atoms. The third kappa shape index (κ3) is 6.78. The van der Waals surface area contributed by atoms with E-state index in [0.717, 1.165) is 11.3 Å². The zero-order chi connectivity index (χ0) is 21.3. The van der Waals surface area contributed by atoms with Crippen LogP contribution in [-0.4, -0.2) is 54.4 Å². The van der Waals surface area contributed by atoms with Crippen LogP contribution in [0, 0.1) is 0 Å². The van der Waals surface area contributed by atoms with Crippen molar-refractivity contribution in [2.24, 2.45) is 0 Å². The van der Waals surface area contributed by atoms with Crippen LogP contribution in [0.25, 0.3) is 0 Å². The Balaban J connectivity index is 1.38. The minimum atomic E-state index is -0.194. The first-order chi connectivity index (χ1) is 14.5. The summed E-state index contributed by atoms with van der Waals surface area (Å²) in [7, 11) is 0. The topological polar surface area (TPSA) is 70.7 Å². The molecule has 3 rings (SSSR count). The highest BCUT2D eigenvalue weighted by molar-refractivity contribution is 7.99. The summed E-state index contributed by atoms with van der Waals surface area (Å²) < 4.78 is 5.69. The molecule has 7 heteroatoms. The molecule has 6 nitrogen and oxygen atoms in total. The molecule has 0 saturated carbocycles. The molecule has 2 aromatic carbocycles. The predicted molar refractivity (Wildman–Crippen MR) is 120 cm³/mol. The number of carbonyl (C=O) groups is 2. The molecule has 0 spiro atoms. The average molecular weight is 428 g/mol. The van der Waals surface area contributed by atoms with E-state index in [1.54, 1.807) is 11.8 Å². The van der Waals surface area contributed by atoms with Gasteiger partial charge in [-0.15, -0.1) is 11.8 Å². The highest BCUT2D eigenvalue weighted by atomic mass is 32.2. The van der Waals surface area contributed by atoms with Crippen LogP contribution in [0.5, 0.6) is 0 Å². The highest BCUT2D eigenvalue weighted by Crippen LogP contribution is 2.16. The van der Waals surface area contributed by atoms with Crippen LogP contribution in [0.15, 0.2) is 59.5 Å². The van der Waals surface area contributed by atoms with Crippen molar-refractivity contribution in [3.8, 4) is 0 Å². The smallest absolute Gasteiger partial charge is 0.315 e. The summed E-state index contributed by atoms with van der Waals surface area (Å²) in [6, 6.07) is 17.3. The fourth-order valence-electron chi connectivity index (χ4n) is 3.39. The number of nitrogens with one attached hydrogen (secondary N) is 2. The molecule has 30 heavy (non-hydrogen) atoms. The standard InChI is InChI=1S/C23H29N3O3S/c1-17-15-26(16-18(2)29-17)22(27)20-10-8-19(9-11-20)14-25-23(28)24-12-13-30-21-6-4-3-5-7-21/h3-11,17-18H,12-16H2,1-2H3,(H2,24,25,28). The lowest BCUT2D eigenvalue weighted by atomic mass is 10.1. The Hall–Kier alpha value is -2.51. The second-order valence-corrected chi connectivity index (χ2v) is 8.60. The van der Waals surface area contributed by atoms with Crippen molar-refractivity contribution in [2.45, 2.75) is 37.5 Å². The number of carbonyl (C=O) groups excluding carboxylic acids is 2. The van der Waals surface area contributed by atoms with Crippen LogP contribution in [0.3, 0.4) is 0 Å². The SMILES string of the molecule is CC1CN(C(=O)c2ccc(CNC(=O)NCCSc3ccccc3)cc2)CC(C)O1. The van der Waals surface area contributed by atoms with Crippen LogP contribution in [-0.2, 0) is 11.3 Å². The number of urea groups is 1. The highest BCUT2D eigenvalue weighted by Gasteiger charge is 2.26. The van der Waals surface area contributed by atoms with E-state index < -0.39 is 0 Å². The summed E-state index contributed by atoms with van der Waals surface area (Å²) in [5.74, 6) is 0.831. The van der Waals surface area contributed by atoms with Crippen molar-refractivity contribution < 1.29 is 14.3 Å². The minimum Gasteiger partial charge on any atom is -0.372 e. The molecule has 160 valence electrons. The van der Waals surface area contributed by atoms with Crippen LogP contribution in [0.4, 0.5) is 4.79 Å². The minimum absolute atomic E-state index is 0.0187. The summed E-state index contributed by atoms with van der Waals surface area (Å²) in [6.07, 6.45) is 0.0940. The van der Waals surface area contributed by atoms with Gasteiger partial charge in [-0.2, -0.15) is 0 Å². The van der Waals surface area contributed by atoms with Crippen LogP contribution < -0.4 is 10.6 Å². The van der Waals surface area contributed by atoms with E-state index >= 15 is 0 Å². The summed E-state index contributed by atoms with van der Waals surface area (Å²) in [6.45, 7) is 6.18. The van der Waals surface area contributed by atoms with E-state index in [9.17, 15) is 9.59 Å². The second-order valence-electron chi connectivity index (χ2n) is 7.44. The molecule has 2 N–H and O–H groups in total. The molecule has 1 aliphatic heterocycles. The molecule has 1 fully saturated rings. The fraction of sp³-hybridized carbons (Fsp3) is 0.391. The van der Waals surface area contributed by atoms with Crippen molar-refractivity contribution in [1.82, 2.24) is 15.5 Å². The van der Waals surface area contributed by atoms with Gasteiger partial charge in [-0.3, -0.25) is 4.79 Å². The van der Waals surface area contributed by atoms with Crippen molar-refractivity contribution in [3.63, 3.8) is 0 Å². The Labute approximate surface area is 182 Å². The fourth-order valence-corrected chi connectivity index (χ4v) is 4.18. The van der Waals surface area contributed by atoms with Gasteiger partial charge in [0.05, 0.1) is 12.2 Å². The number of thioether (sulfide) groups is 1. The summed E-state index contributed by atoms with van der Waals surface area (Å²) in [5, 5.41) is 5.71. The molecule has 1 saturated heterocycles. The molecule has 0 aromatic heterocycles. The number of rotatable bonds is 7. The maximum Gasteiger partial charge on any atom is 0.315 e. The Kier molecular flexibility index (Phi) is 8.16. The van der Waals surface area contributed by atoms with Gasteiger partial charge in [-0.25, -0.2) is 4.79 Å². The van der Waals surface area contributed by atoms with Gasteiger partial charge < -0.3 is 20.3 Å². The monoisotopic (exact) mass is 427 g/mol. The molecule has 2 unspecified atom stereocenters. The van der Waals surface area contributed by atoms with Gasteiger partial charge in [-0.05, 0) is 43.7 Å². The Bertz CT molecular complexity index is 819. The Morgan fingerprint density at radius 3 is 2.33 bits per heavy atom. The zero-order valence-corrected chi connectivity index (χ0v) is 18.3. The Morgan fingerprint density at radius 2 is 1.67 bits per heavy atom. The van der Waals surface area contributed by atoms with Gasteiger partial charge in [-0.1, -0.05) is 30.3 Å². The quantitative estimate of drug-likeness (QED) is 0.524. The maximum atomic E-state index is 12.7. The maximum absolute atomic E-state index is 12.7. The third-order valence-electron chi connectivity index (χ3n) is 4.76. The van der Waals surface area contributed by atoms with Crippen molar-refractivity contribution in [2.75, 3.05) is 25.4 Å². The summed E-state index contributed by atoms with van der Waals surface area (Å²) >= 11 is 1.71. The number of ether oxygens (including phenoxy) is 1. The van der Waals surface area contributed by atoms with Crippen molar-refractivity contribution >= 4 is 23.7 Å². The van der Waals surface area contributed by atoms with E-state index in [1.807, 2.05) is 61.2 Å². The molecule has 1 aliphatic rings. The molecule has 0 radical (unpaired) electrons. The molecule has 3 amide bonds. The van der Waals surface area contributed by atoms with Crippen molar-refractivity contribution in [1.29, 1.82) is 0 Å². The number of hydrogen-bond acceptors (Lipinski definition) is 4. The zero-order valence-electron chi connectivity index (χ0n) is 17.5. The van der Waals surface area contributed by atoms with Gasteiger partial charge in [0.1, 0.15) is 0 Å². The van der Waals surface area contributed by atoms with Crippen LogP contribution in [0.1, 0.15) is 29.8 Å². The van der Waals surface area contributed by atoms with E-state index in [4.69, 9.17) is 4.74 Å². The van der Waals surface area contributed by atoms with Gasteiger partial charge in [0, 0.05) is 42.4 Å². The average Bonchev–Trinajstić information content (AvgIpc) is 2.75. The number of amides is 3. The van der Waals surface area contributed by atoms with Gasteiger partial charge in [0.25, 0.3) is 5.91 Å². The van der Waals surface area contributed by atoms with Crippen LogP contribution in [0.2, 0.25) is 0 Å². The van der Waals surface area contributed by atoms with Gasteiger partial charge in [0.15, 0.2) is 0 Å². The molecular formula is C23H29N3O3S. The van der Waals surface area contributed by atoms with Gasteiger partial charge >= 0.3 is 6.03 Å². The molecular weight excluding hydrogens is 398 g/mol. The number of benzene rings is 2. The summed E-state index contributed by atoms with van der Waals surface area (Å²) in [5.41, 5.74) is 1.60. The van der Waals surface area contributed by atoms with E-state index in [1.165, 1.54) is 4.90 Å². The van der Waals surface area contributed by atoms with Gasteiger partial charge in [0.2, 0.25) is 0 Å². The lowest BCUT2D eigenvalue weighted by molar-refractivity contribution is -0.0586. The first-order valence-corrected chi connectivity index (χ1v) is 11.2. The van der Waals surface area contributed by atoms with E-state index in [-0.39, 0.29) is 24.1 Å². The first kappa shape index (κ1) is 22.2. The molecule has 0 aliphatic carbocycles. The first-order valence-electron chi connectivity index (χ1n) is 10.2. The largest absolute Gasteiger partial charge is 0.372 e. The Morgan fingerprint density at radius 1 is 1.00 bits per heavy atom. The second kappa shape index (κ2) is 11.0. The lowest BCUT2D eigenvalue weighted by Gasteiger charge is -2.35. The lowest BCUT2D eigenvalue weighted by Crippen LogP contribution is -2.48. The third-order valence-corrected chi connectivity index (χ3v) is 5.77. The van der Waals surface area contributed by atoms with E-state index in [0.29, 0.717) is 31.7 Å². The predicted octanol–water partition coefficient (Wildman–Crippen LogP) is 3.53. The number of hydrogen-bond donors (Lipinski definition) is 2. The number of morpholine rings is 1. The normalized spacial score (nSPS) is 18.7. The van der Waals surface area contributed by atoms with E-state index in [2.05, 4.69) is 22.8 Å². The molecule has 1 heterocycles. The molecule has 2 atom stereocenters. The number of nitrogens with zero attached hydrogens (tertiary/aromatic N) is 1. The van der Waals surface area contributed by atoms with Crippen molar-refractivity contribution in [3.05, 3.63) is 65.7 Å². The molecule has 2 aromatic rings.